The van der Waals surface area contributed by atoms with E-state index in [1.54, 1.807) is 0 Å². The first-order valence-corrected chi connectivity index (χ1v) is 12.0. The number of rotatable bonds is 6. The van der Waals surface area contributed by atoms with Crippen molar-refractivity contribution in [2.24, 2.45) is 0 Å². The lowest BCUT2D eigenvalue weighted by Crippen LogP contribution is -2.56. The second-order valence-corrected chi connectivity index (χ2v) is 9.47. The average Bonchev–Trinajstić information content (AvgIpc) is 3.15. The maximum Gasteiger partial charge on any atom is 0.247 e. The van der Waals surface area contributed by atoms with Gasteiger partial charge in [0.15, 0.2) is 5.78 Å². The first kappa shape index (κ1) is 21.9. The van der Waals surface area contributed by atoms with Gasteiger partial charge in [-0.25, -0.2) is 0 Å². The van der Waals surface area contributed by atoms with Gasteiger partial charge in [0.1, 0.15) is 5.54 Å². The number of fused-ring (bicyclic) bond motifs is 1. The van der Waals surface area contributed by atoms with Crippen molar-refractivity contribution < 1.29 is 9.59 Å². The number of ketones is 1. The van der Waals surface area contributed by atoms with E-state index in [2.05, 4.69) is 21.2 Å². The van der Waals surface area contributed by atoms with Gasteiger partial charge in [0.25, 0.3) is 0 Å². The number of Topliss-reactive ketones (excluding diaryl/α,β-unsaturated/α-hetero) is 1. The predicted molar refractivity (Wildman–Crippen MR) is 133 cm³/mol. The van der Waals surface area contributed by atoms with Crippen LogP contribution in [0.5, 0.6) is 0 Å². The van der Waals surface area contributed by atoms with E-state index in [9.17, 15) is 9.59 Å². The summed E-state index contributed by atoms with van der Waals surface area (Å²) in [6.07, 6.45) is 2.89. The van der Waals surface area contributed by atoms with Crippen molar-refractivity contribution in [1.29, 1.82) is 0 Å². The van der Waals surface area contributed by atoms with Crippen molar-refractivity contribution in [3.8, 4) is 0 Å². The van der Waals surface area contributed by atoms with Crippen LogP contribution in [-0.2, 0) is 4.79 Å². The second kappa shape index (κ2) is 9.16. The standard InChI is InChI=1S/C27H28ClN3O2/c28-23-7-3-8-24(18-23)31-19-29-26(33)27(31)12-15-30(16-13-27)14-4-9-25(32)22-11-10-20-5-1-2-6-21(20)17-22/h1-3,5-8,10-11,17-18H,4,9,12-16,19H2,(H,29,33). The number of benzene rings is 3. The molecule has 1 amide bonds. The van der Waals surface area contributed by atoms with Crippen LogP contribution in [0.4, 0.5) is 5.69 Å². The molecule has 0 bridgehead atoms. The number of carbonyl (C=O) groups excluding carboxylic acids is 2. The smallest absolute Gasteiger partial charge is 0.247 e. The van der Waals surface area contributed by atoms with Crippen LogP contribution in [0.25, 0.3) is 10.8 Å². The largest absolute Gasteiger partial charge is 0.339 e. The van der Waals surface area contributed by atoms with Crippen molar-refractivity contribution in [2.75, 3.05) is 31.2 Å². The van der Waals surface area contributed by atoms with E-state index >= 15 is 0 Å². The zero-order valence-corrected chi connectivity index (χ0v) is 19.4. The molecule has 0 saturated carbocycles. The molecule has 0 atom stereocenters. The lowest BCUT2D eigenvalue weighted by atomic mass is 9.85. The van der Waals surface area contributed by atoms with Crippen LogP contribution in [0.15, 0.2) is 66.7 Å². The van der Waals surface area contributed by atoms with E-state index in [0.29, 0.717) is 18.1 Å². The number of nitrogens with zero attached hydrogens (tertiary/aromatic N) is 2. The number of anilines is 1. The minimum atomic E-state index is -0.512. The summed E-state index contributed by atoms with van der Waals surface area (Å²) >= 11 is 6.20. The minimum absolute atomic E-state index is 0.105. The van der Waals surface area contributed by atoms with Gasteiger partial charge in [-0.05, 0) is 60.8 Å². The molecule has 0 aliphatic carbocycles. The summed E-state index contributed by atoms with van der Waals surface area (Å²) in [5, 5.41) is 5.96. The molecule has 0 radical (unpaired) electrons. The molecule has 2 fully saturated rings. The van der Waals surface area contributed by atoms with Gasteiger partial charge in [-0.3, -0.25) is 9.59 Å². The Morgan fingerprint density at radius 1 is 0.970 bits per heavy atom. The van der Waals surface area contributed by atoms with Gasteiger partial charge in [-0.1, -0.05) is 54.1 Å². The molecule has 6 heteroatoms. The molecule has 2 aliphatic rings. The highest BCUT2D eigenvalue weighted by atomic mass is 35.5. The Labute approximate surface area is 199 Å². The highest BCUT2D eigenvalue weighted by molar-refractivity contribution is 6.30. The van der Waals surface area contributed by atoms with E-state index in [1.807, 2.05) is 60.7 Å². The number of hydrogen-bond donors (Lipinski definition) is 1. The van der Waals surface area contributed by atoms with Crippen LogP contribution < -0.4 is 10.2 Å². The first-order valence-electron chi connectivity index (χ1n) is 11.6. The molecule has 5 rings (SSSR count). The van der Waals surface area contributed by atoms with Crippen LogP contribution in [-0.4, -0.2) is 48.4 Å². The topological polar surface area (TPSA) is 52.7 Å². The molecule has 2 heterocycles. The van der Waals surface area contributed by atoms with E-state index in [0.717, 1.165) is 60.9 Å². The molecule has 33 heavy (non-hydrogen) atoms. The summed E-state index contributed by atoms with van der Waals surface area (Å²) in [5.74, 6) is 0.296. The lowest BCUT2D eigenvalue weighted by Gasteiger charge is -2.43. The van der Waals surface area contributed by atoms with Gasteiger partial charge in [0.05, 0.1) is 6.67 Å². The Morgan fingerprint density at radius 3 is 2.55 bits per heavy atom. The number of piperidine rings is 1. The first-order chi connectivity index (χ1) is 16.0. The van der Waals surface area contributed by atoms with E-state index in [-0.39, 0.29) is 11.7 Å². The van der Waals surface area contributed by atoms with Gasteiger partial charge >= 0.3 is 0 Å². The molecular formula is C27H28ClN3O2. The number of halogens is 1. The Morgan fingerprint density at radius 2 is 1.76 bits per heavy atom. The number of nitrogens with one attached hydrogen (secondary N) is 1. The maximum absolute atomic E-state index is 12.8. The van der Waals surface area contributed by atoms with Crippen LogP contribution >= 0.6 is 11.6 Å². The van der Waals surface area contributed by atoms with Crippen molar-refractivity contribution in [2.45, 2.75) is 31.2 Å². The molecule has 0 aromatic heterocycles. The highest BCUT2D eigenvalue weighted by Gasteiger charge is 2.50. The molecule has 1 spiro atoms. The molecule has 170 valence electrons. The Bertz CT molecular complexity index is 1190. The summed E-state index contributed by atoms with van der Waals surface area (Å²) in [4.78, 5) is 30.1. The van der Waals surface area contributed by atoms with E-state index in [4.69, 9.17) is 11.6 Å². The fraction of sp³-hybridized carbons (Fsp3) is 0.333. The highest BCUT2D eigenvalue weighted by Crippen LogP contribution is 2.37. The van der Waals surface area contributed by atoms with Crippen LogP contribution in [0.3, 0.4) is 0 Å². The number of hydrogen-bond acceptors (Lipinski definition) is 4. The Hall–Kier alpha value is -2.89. The van der Waals surface area contributed by atoms with Crippen molar-refractivity contribution in [3.05, 3.63) is 77.3 Å². The predicted octanol–water partition coefficient (Wildman–Crippen LogP) is 4.88. The van der Waals surface area contributed by atoms with Gasteiger partial charge in [-0.15, -0.1) is 0 Å². The normalized spacial score (nSPS) is 18.1. The third kappa shape index (κ3) is 4.35. The van der Waals surface area contributed by atoms with Gasteiger partial charge in [0.2, 0.25) is 5.91 Å². The summed E-state index contributed by atoms with van der Waals surface area (Å²) in [5.41, 5.74) is 1.25. The summed E-state index contributed by atoms with van der Waals surface area (Å²) in [6, 6.07) is 21.8. The third-order valence-corrected chi connectivity index (χ3v) is 7.32. The van der Waals surface area contributed by atoms with Crippen LogP contribution in [0, 0.1) is 0 Å². The number of amides is 1. The quantitative estimate of drug-likeness (QED) is 0.531. The molecule has 2 saturated heterocycles. The van der Waals surface area contributed by atoms with E-state index in [1.165, 1.54) is 0 Å². The summed E-state index contributed by atoms with van der Waals surface area (Å²) in [7, 11) is 0. The van der Waals surface area contributed by atoms with Gasteiger partial charge in [-0.2, -0.15) is 0 Å². The third-order valence-electron chi connectivity index (χ3n) is 7.09. The zero-order valence-electron chi connectivity index (χ0n) is 18.6. The maximum atomic E-state index is 12.8. The zero-order chi connectivity index (χ0) is 22.8. The molecule has 3 aromatic rings. The number of likely N-dealkylation sites (tertiary alicyclic amines) is 1. The fourth-order valence-electron chi connectivity index (χ4n) is 5.19. The Kier molecular flexibility index (Phi) is 6.09. The molecule has 0 unspecified atom stereocenters. The van der Waals surface area contributed by atoms with Crippen molar-refractivity contribution in [3.63, 3.8) is 0 Å². The van der Waals surface area contributed by atoms with Gasteiger partial charge < -0.3 is 15.1 Å². The average molecular weight is 462 g/mol. The Balaban J connectivity index is 1.16. The van der Waals surface area contributed by atoms with Crippen molar-refractivity contribution >= 4 is 39.8 Å². The SMILES string of the molecule is O=C(CCCN1CCC2(CC1)C(=O)NCN2c1cccc(Cl)c1)c1ccc2ccccc2c1. The second-order valence-electron chi connectivity index (χ2n) is 9.03. The van der Waals surface area contributed by atoms with Crippen molar-refractivity contribution in [1.82, 2.24) is 10.2 Å². The minimum Gasteiger partial charge on any atom is -0.339 e. The van der Waals surface area contributed by atoms with Gasteiger partial charge in [0, 0.05) is 35.8 Å². The molecule has 2 aliphatic heterocycles. The molecule has 3 aromatic carbocycles. The fourth-order valence-corrected chi connectivity index (χ4v) is 5.37. The number of carbonyl (C=O) groups is 2. The molecule has 5 nitrogen and oxygen atoms in total. The summed E-state index contributed by atoms with van der Waals surface area (Å²) in [6.45, 7) is 3.07. The monoisotopic (exact) mass is 461 g/mol. The summed E-state index contributed by atoms with van der Waals surface area (Å²) < 4.78 is 0. The van der Waals surface area contributed by atoms with E-state index < -0.39 is 5.54 Å². The van der Waals surface area contributed by atoms with Crippen LogP contribution in [0.2, 0.25) is 5.02 Å². The lowest BCUT2D eigenvalue weighted by molar-refractivity contribution is -0.125. The molecule has 1 N–H and O–H groups in total. The van der Waals surface area contributed by atoms with Crippen LogP contribution in [0.1, 0.15) is 36.0 Å². The molecular weight excluding hydrogens is 434 g/mol.